The molecule has 0 spiro atoms. The normalized spacial score (nSPS) is 21.1. The molecule has 0 aromatic heterocycles. The molecule has 0 saturated carbocycles. The molecule has 2 atom stereocenters. The largest absolute Gasteiger partial charge is 0.416 e. The van der Waals surface area contributed by atoms with Crippen molar-refractivity contribution in [3.8, 4) is 0 Å². The first kappa shape index (κ1) is 28.0. The summed E-state index contributed by atoms with van der Waals surface area (Å²) >= 11 is 0. The van der Waals surface area contributed by atoms with Gasteiger partial charge in [-0.15, -0.1) is 0 Å². The molecule has 0 saturated heterocycles. The Labute approximate surface area is 199 Å². The molecule has 198 valence electrons. The van der Waals surface area contributed by atoms with Gasteiger partial charge in [0.1, 0.15) is 0 Å². The molecule has 0 fully saturated rings. The average Bonchev–Trinajstić information content (AvgIpc) is 2.71. The van der Waals surface area contributed by atoms with Gasteiger partial charge in [0.25, 0.3) is 0 Å². The molecule has 0 bridgehead atoms. The highest BCUT2D eigenvalue weighted by atomic mass is 32.2. The van der Waals surface area contributed by atoms with Crippen LogP contribution in [0.25, 0.3) is 0 Å². The summed E-state index contributed by atoms with van der Waals surface area (Å²) in [7, 11) is -2.64. The number of halogens is 12. The monoisotopic (exact) mass is 552 g/mol. The highest BCUT2D eigenvalue weighted by Crippen LogP contribution is 2.61. The fourth-order valence-electron chi connectivity index (χ4n) is 3.92. The van der Waals surface area contributed by atoms with Gasteiger partial charge < -0.3 is 0 Å². The van der Waals surface area contributed by atoms with Crippen molar-refractivity contribution in [2.24, 2.45) is 0 Å². The van der Waals surface area contributed by atoms with E-state index in [9.17, 15) is 52.7 Å². The first-order valence-corrected chi connectivity index (χ1v) is 11.3. The van der Waals surface area contributed by atoms with Crippen LogP contribution >= 0.6 is 10.9 Å². The first-order valence-electron chi connectivity index (χ1n) is 9.94. The molecule has 36 heavy (non-hydrogen) atoms. The highest BCUT2D eigenvalue weighted by Gasteiger charge is 2.48. The van der Waals surface area contributed by atoms with Crippen molar-refractivity contribution >= 4 is 10.9 Å². The van der Waals surface area contributed by atoms with Crippen LogP contribution in [0.1, 0.15) is 24.5 Å². The van der Waals surface area contributed by atoms with E-state index in [1.165, 1.54) is 30.3 Å². The van der Waals surface area contributed by atoms with Gasteiger partial charge in [-0.3, -0.25) is 0 Å². The summed E-state index contributed by atoms with van der Waals surface area (Å²) in [4.78, 5) is -0.661. The molecule has 2 unspecified atom stereocenters. The quantitative estimate of drug-likeness (QED) is 0.285. The third-order valence-electron chi connectivity index (χ3n) is 5.39. The lowest BCUT2D eigenvalue weighted by atomic mass is 9.90. The Morgan fingerprint density at radius 1 is 0.639 bits per heavy atom. The minimum atomic E-state index is -5.26. The number of allylic oxidation sites excluding steroid dienone is 3. The number of benzene rings is 2. The number of hydrogen-bond acceptors (Lipinski definition) is 0. The van der Waals surface area contributed by atoms with Crippen LogP contribution in [0.15, 0.2) is 81.6 Å². The van der Waals surface area contributed by atoms with E-state index in [-0.39, 0.29) is 17.0 Å². The third kappa shape index (κ3) is 6.04. The maximum atomic E-state index is 13.6. The molecule has 2 aromatic rings. The van der Waals surface area contributed by atoms with Crippen LogP contribution in [-0.4, -0.2) is 17.1 Å². The van der Waals surface area contributed by atoms with E-state index in [4.69, 9.17) is 0 Å². The van der Waals surface area contributed by atoms with Crippen molar-refractivity contribution in [1.29, 1.82) is 0 Å². The van der Waals surface area contributed by atoms with E-state index < -0.39 is 73.9 Å². The predicted octanol–water partition coefficient (Wildman–Crippen LogP) is 9.28. The van der Waals surface area contributed by atoms with Crippen LogP contribution in [-0.2, 0) is 12.4 Å². The van der Waals surface area contributed by atoms with Crippen molar-refractivity contribution in [2.45, 2.75) is 52.6 Å². The van der Waals surface area contributed by atoms with Gasteiger partial charge in [-0.25, -0.2) is 0 Å². The Bertz CT molecular complexity index is 1130. The Hall–Kier alpha value is -2.57. The molecule has 3 rings (SSSR count). The smallest absolute Gasteiger partial charge is 0.191 e. The fraction of sp³-hybridized carbons (Fsp3) is 0.304. The van der Waals surface area contributed by atoms with Crippen molar-refractivity contribution in [3.05, 3.63) is 83.0 Å². The van der Waals surface area contributed by atoms with E-state index in [2.05, 4.69) is 0 Å². The van der Waals surface area contributed by atoms with Gasteiger partial charge in [0.05, 0.1) is 16.7 Å². The molecular weight excluding hydrogens is 536 g/mol. The first-order chi connectivity index (χ1) is 16.2. The lowest BCUT2D eigenvalue weighted by Gasteiger charge is -2.43. The number of hydrogen-bond donors (Lipinski definition) is 1. The molecule has 0 aliphatic heterocycles. The zero-order chi connectivity index (χ0) is 27.3. The van der Waals surface area contributed by atoms with Gasteiger partial charge >= 0.3 is 24.7 Å². The van der Waals surface area contributed by atoms with E-state index >= 15 is 0 Å². The summed E-state index contributed by atoms with van der Waals surface area (Å²) < 4.78 is 160. The van der Waals surface area contributed by atoms with Gasteiger partial charge in [-0.05, 0) is 59.5 Å². The predicted molar refractivity (Wildman–Crippen MR) is 110 cm³/mol. The second-order valence-corrected chi connectivity index (χ2v) is 11.0. The Kier molecular flexibility index (Phi) is 7.06. The summed E-state index contributed by atoms with van der Waals surface area (Å²) in [6, 6.07) is 7.16. The Morgan fingerprint density at radius 3 is 1.56 bits per heavy atom. The Balaban J connectivity index is 2.37. The average molecular weight is 552 g/mol. The molecular formula is C23H16F12S. The molecule has 0 amide bonds. The fourth-order valence-corrected chi connectivity index (χ4v) is 7.01. The number of alkyl halides is 12. The van der Waals surface area contributed by atoms with Gasteiger partial charge in [0, 0.05) is 10.3 Å². The van der Waals surface area contributed by atoms with Crippen LogP contribution in [0, 0.1) is 0 Å². The van der Waals surface area contributed by atoms with Gasteiger partial charge in [-0.2, -0.15) is 63.6 Å². The summed E-state index contributed by atoms with van der Waals surface area (Å²) in [5.41, 5.74) is -6.72. The number of thiol groups is 1. The third-order valence-corrected chi connectivity index (χ3v) is 8.29. The molecule has 0 heterocycles. The van der Waals surface area contributed by atoms with Gasteiger partial charge in [-0.1, -0.05) is 24.3 Å². The second kappa shape index (κ2) is 9.07. The molecule has 0 radical (unpaired) electrons. The van der Waals surface area contributed by atoms with Crippen LogP contribution < -0.4 is 0 Å². The molecule has 0 N–H and O–H groups in total. The van der Waals surface area contributed by atoms with Crippen LogP contribution in [0.4, 0.5) is 52.7 Å². The molecule has 0 nitrogen and oxygen atoms in total. The lowest BCUT2D eigenvalue weighted by molar-refractivity contribution is -0.143. The zero-order valence-electron chi connectivity index (χ0n) is 18.0. The summed E-state index contributed by atoms with van der Waals surface area (Å²) in [5, 5.41) is 0. The van der Waals surface area contributed by atoms with Crippen LogP contribution in [0.2, 0.25) is 0 Å². The maximum Gasteiger partial charge on any atom is 0.416 e. The van der Waals surface area contributed by atoms with Crippen molar-refractivity contribution in [1.82, 2.24) is 0 Å². The van der Waals surface area contributed by atoms with Crippen molar-refractivity contribution in [2.75, 3.05) is 0 Å². The van der Waals surface area contributed by atoms with E-state index in [0.717, 1.165) is 6.92 Å². The van der Waals surface area contributed by atoms with Gasteiger partial charge in [0.2, 0.25) is 0 Å². The van der Waals surface area contributed by atoms with E-state index in [0.29, 0.717) is 18.2 Å². The minimum absolute atomic E-state index is 0.00338. The van der Waals surface area contributed by atoms with Crippen LogP contribution in [0.3, 0.4) is 0 Å². The molecule has 1 aliphatic rings. The number of rotatable bonds is 3. The molecule has 13 heteroatoms. The van der Waals surface area contributed by atoms with Gasteiger partial charge in [0.15, 0.2) is 0 Å². The zero-order valence-corrected chi connectivity index (χ0v) is 18.9. The topological polar surface area (TPSA) is 0 Å². The van der Waals surface area contributed by atoms with Crippen LogP contribution in [0.5, 0.6) is 0 Å². The lowest BCUT2D eigenvalue weighted by Crippen LogP contribution is -2.33. The molecule has 2 aromatic carbocycles. The SMILES string of the molecule is CC1([SH](c2ccccc2)c2cc(C(F)(F)F)cc(C(F)(F)F)c2)C=C(C(F)(F)F)C=C(C(F)(F)F)C1. The standard InChI is InChI=1S/C23H16F12S/c1-19(11-15(22(30,31)32)8-16(12-19)23(33,34)35)36(17-5-3-2-4-6-17)18-9-13(20(24,25)26)7-14(10-18)21(27,28)29/h2-11,36H,12H2,1H3. The highest BCUT2D eigenvalue weighted by molar-refractivity contribution is 8.18. The maximum absolute atomic E-state index is 13.6. The van der Waals surface area contributed by atoms with Crippen molar-refractivity contribution < 1.29 is 52.7 Å². The summed E-state index contributed by atoms with van der Waals surface area (Å²) in [6.07, 6.45) is -21.7. The summed E-state index contributed by atoms with van der Waals surface area (Å²) in [6.45, 7) is 0.976. The minimum Gasteiger partial charge on any atom is -0.191 e. The molecule has 1 aliphatic carbocycles. The van der Waals surface area contributed by atoms with E-state index in [1.54, 1.807) is 0 Å². The van der Waals surface area contributed by atoms with Crippen molar-refractivity contribution in [3.63, 3.8) is 0 Å². The van der Waals surface area contributed by atoms with E-state index in [1.807, 2.05) is 0 Å². The Morgan fingerprint density at radius 2 is 1.14 bits per heavy atom. The second-order valence-electron chi connectivity index (χ2n) is 8.23. The summed E-state index contributed by atoms with van der Waals surface area (Å²) in [5.74, 6) is 0.